The highest BCUT2D eigenvalue weighted by atomic mass is 19.1. The molecule has 1 heterocycles. The number of carbonyl (C=O) groups is 1. The number of amides is 1. The molecular formula is C12H10FN3O. The van der Waals surface area contributed by atoms with Crippen LogP contribution in [0.1, 0.15) is 16.1 Å². The van der Waals surface area contributed by atoms with Crippen LogP contribution in [0, 0.1) is 5.82 Å². The van der Waals surface area contributed by atoms with Crippen molar-refractivity contribution in [3.05, 3.63) is 59.7 Å². The first-order valence-electron chi connectivity index (χ1n) is 4.98. The zero-order valence-electron chi connectivity index (χ0n) is 8.85. The Morgan fingerprint density at radius 3 is 2.82 bits per heavy atom. The maximum atomic E-state index is 13.2. The lowest BCUT2D eigenvalue weighted by atomic mass is 10.2. The minimum atomic E-state index is -0.578. The van der Waals surface area contributed by atoms with Crippen molar-refractivity contribution in [3.8, 4) is 0 Å². The minimum absolute atomic E-state index is 0.0314. The molecule has 86 valence electrons. The van der Waals surface area contributed by atoms with Gasteiger partial charge in [-0.25, -0.2) is 9.82 Å². The molecule has 1 aromatic heterocycles. The molecule has 4 nitrogen and oxygen atoms in total. The fourth-order valence-electron chi connectivity index (χ4n) is 1.29. The second kappa shape index (κ2) is 5.07. The normalized spacial score (nSPS) is 10.6. The second-order valence-electron chi connectivity index (χ2n) is 3.30. The van der Waals surface area contributed by atoms with Gasteiger partial charge in [0.05, 0.1) is 17.5 Å². The molecule has 0 radical (unpaired) electrons. The highest BCUT2D eigenvalue weighted by Gasteiger charge is 2.08. The Morgan fingerprint density at radius 2 is 2.12 bits per heavy atom. The highest BCUT2D eigenvalue weighted by molar-refractivity contribution is 5.94. The van der Waals surface area contributed by atoms with E-state index in [0.717, 1.165) is 5.69 Å². The van der Waals surface area contributed by atoms with Gasteiger partial charge < -0.3 is 4.98 Å². The van der Waals surface area contributed by atoms with Gasteiger partial charge in [0.1, 0.15) is 5.82 Å². The van der Waals surface area contributed by atoms with Crippen LogP contribution in [0.5, 0.6) is 0 Å². The molecule has 0 unspecified atom stereocenters. The molecule has 0 atom stereocenters. The third-order valence-electron chi connectivity index (χ3n) is 2.11. The summed E-state index contributed by atoms with van der Waals surface area (Å²) in [7, 11) is 0. The van der Waals surface area contributed by atoms with E-state index in [1.165, 1.54) is 24.4 Å². The fraction of sp³-hybridized carbons (Fsp3) is 0. The van der Waals surface area contributed by atoms with Crippen molar-refractivity contribution < 1.29 is 9.18 Å². The van der Waals surface area contributed by atoms with Crippen LogP contribution in [0.3, 0.4) is 0 Å². The number of hydrogen-bond donors (Lipinski definition) is 2. The summed E-state index contributed by atoms with van der Waals surface area (Å²) in [4.78, 5) is 14.4. The molecular weight excluding hydrogens is 221 g/mol. The number of H-pyrrole nitrogens is 1. The summed E-state index contributed by atoms with van der Waals surface area (Å²) in [5.41, 5.74) is 2.97. The van der Waals surface area contributed by atoms with Crippen LogP contribution in [-0.4, -0.2) is 17.1 Å². The molecule has 0 aliphatic heterocycles. The number of halogens is 1. The Labute approximate surface area is 97.2 Å². The molecule has 5 heteroatoms. The topological polar surface area (TPSA) is 57.2 Å². The fourth-order valence-corrected chi connectivity index (χ4v) is 1.29. The van der Waals surface area contributed by atoms with Crippen LogP contribution in [0.4, 0.5) is 4.39 Å². The van der Waals surface area contributed by atoms with Gasteiger partial charge in [0.15, 0.2) is 0 Å². The number of hydrogen-bond acceptors (Lipinski definition) is 2. The smallest absolute Gasteiger partial charge is 0.274 e. The molecule has 2 rings (SSSR count). The minimum Gasteiger partial charge on any atom is -0.360 e. The van der Waals surface area contributed by atoms with Gasteiger partial charge in [-0.3, -0.25) is 4.79 Å². The van der Waals surface area contributed by atoms with Crippen LogP contribution in [-0.2, 0) is 0 Å². The maximum absolute atomic E-state index is 13.2. The van der Waals surface area contributed by atoms with Crippen molar-refractivity contribution in [1.82, 2.24) is 10.4 Å². The summed E-state index contributed by atoms with van der Waals surface area (Å²) >= 11 is 0. The lowest BCUT2D eigenvalue weighted by Crippen LogP contribution is -2.18. The summed E-state index contributed by atoms with van der Waals surface area (Å²) in [5, 5.41) is 3.71. The summed E-state index contributed by atoms with van der Waals surface area (Å²) in [5.74, 6) is -1.15. The number of nitrogens with zero attached hydrogens (tertiary/aromatic N) is 1. The zero-order chi connectivity index (χ0) is 12.1. The Balaban J connectivity index is 2.01. The van der Waals surface area contributed by atoms with Crippen molar-refractivity contribution in [2.24, 2.45) is 5.10 Å². The van der Waals surface area contributed by atoms with Crippen molar-refractivity contribution in [1.29, 1.82) is 0 Å². The monoisotopic (exact) mass is 231 g/mol. The third kappa shape index (κ3) is 2.78. The van der Waals surface area contributed by atoms with Crippen molar-refractivity contribution >= 4 is 12.1 Å². The van der Waals surface area contributed by atoms with Gasteiger partial charge in [-0.2, -0.15) is 5.10 Å². The van der Waals surface area contributed by atoms with E-state index in [1.54, 1.807) is 24.4 Å². The van der Waals surface area contributed by atoms with Gasteiger partial charge >= 0.3 is 0 Å². The van der Waals surface area contributed by atoms with Gasteiger partial charge in [0.2, 0.25) is 0 Å². The van der Waals surface area contributed by atoms with E-state index in [4.69, 9.17) is 0 Å². The van der Waals surface area contributed by atoms with Gasteiger partial charge in [-0.15, -0.1) is 0 Å². The van der Waals surface area contributed by atoms with Crippen LogP contribution < -0.4 is 5.43 Å². The first-order valence-corrected chi connectivity index (χ1v) is 4.98. The predicted octanol–water partition coefficient (Wildman–Crippen LogP) is 1.92. The first-order chi connectivity index (χ1) is 8.27. The number of hydrazone groups is 1. The van der Waals surface area contributed by atoms with Gasteiger partial charge in [-0.05, 0) is 24.3 Å². The maximum Gasteiger partial charge on any atom is 0.274 e. The summed E-state index contributed by atoms with van der Waals surface area (Å²) in [6.45, 7) is 0. The van der Waals surface area contributed by atoms with Crippen LogP contribution in [0.25, 0.3) is 0 Å². The standard InChI is InChI=1S/C12H10FN3O/c13-11-6-2-1-5-10(11)12(17)16-15-8-9-4-3-7-14-9/h1-8,14H,(H,16,17)/b15-8-. The summed E-state index contributed by atoms with van der Waals surface area (Å²) in [6, 6.07) is 9.33. The Hall–Kier alpha value is -2.43. The molecule has 1 amide bonds. The number of benzene rings is 1. The molecule has 0 aliphatic rings. The van der Waals surface area contributed by atoms with Crippen LogP contribution in [0.2, 0.25) is 0 Å². The van der Waals surface area contributed by atoms with Gasteiger partial charge in [0.25, 0.3) is 5.91 Å². The molecule has 2 aromatic rings. The Morgan fingerprint density at radius 1 is 1.29 bits per heavy atom. The molecule has 0 fully saturated rings. The summed E-state index contributed by atoms with van der Waals surface area (Å²) in [6.07, 6.45) is 3.18. The molecule has 1 aromatic carbocycles. The van der Waals surface area contributed by atoms with Crippen LogP contribution in [0.15, 0.2) is 47.7 Å². The van der Waals surface area contributed by atoms with E-state index >= 15 is 0 Å². The van der Waals surface area contributed by atoms with E-state index in [2.05, 4.69) is 15.5 Å². The van der Waals surface area contributed by atoms with E-state index in [-0.39, 0.29) is 5.56 Å². The largest absolute Gasteiger partial charge is 0.360 e. The Bertz CT molecular complexity index is 534. The number of rotatable bonds is 3. The molecule has 0 saturated carbocycles. The zero-order valence-corrected chi connectivity index (χ0v) is 8.85. The lowest BCUT2D eigenvalue weighted by Gasteiger charge is -2.00. The third-order valence-corrected chi connectivity index (χ3v) is 2.11. The lowest BCUT2D eigenvalue weighted by molar-refractivity contribution is 0.0951. The molecule has 17 heavy (non-hydrogen) atoms. The number of carbonyl (C=O) groups excluding carboxylic acids is 1. The number of aromatic nitrogens is 1. The molecule has 2 N–H and O–H groups in total. The Kier molecular flexibility index (Phi) is 3.30. The number of nitrogens with one attached hydrogen (secondary N) is 2. The molecule has 0 bridgehead atoms. The summed E-state index contributed by atoms with van der Waals surface area (Å²) < 4.78 is 13.2. The predicted molar refractivity (Wildman–Crippen MR) is 62.3 cm³/mol. The first kappa shape index (κ1) is 11.1. The molecule has 0 aliphatic carbocycles. The average molecular weight is 231 g/mol. The van der Waals surface area contributed by atoms with Gasteiger partial charge in [0, 0.05) is 6.20 Å². The SMILES string of the molecule is O=C(N/N=C\c1ccc[nH]1)c1ccccc1F. The van der Waals surface area contributed by atoms with E-state index in [1.807, 2.05) is 0 Å². The quantitative estimate of drug-likeness (QED) is 0.615. The van der Waals surface area contributed by atoms with E-state index in [9.17, 15) is 9.18 Å². The molecule has 0 spiro atoms. The second-order valence-corrected chi connectivity index (χ2v) is 3.30. The van der Waals surface area contributed by atoms with Crippen molar-refractivity contribution in [2.75, 3.05) is 0 Å². The average Bonchev–Trinajstić information content (AvgIpc) is 2.82. The van der Waals surface area contributed by atoms with Gasteiger partial charge in [-0.1, -0.05) is 12.1 Å². The van der Waals surface area contributed by atoms with E-state index in [0.29, 0.717) is 0 Å². The molecule has 0 saturated heterocycles. The van der Waals surface area contributed by atoms with Crippen molar-refractivity contribution in [2.45, 2.75) is 0 Å². The highest BCUT2D eigenvalue weighted by Crippen LogP contribution is 2.05. The van der Waals surface area contributed by atoms with Crippen LogP contribution >= 0.6 is 0 Å². The van der Waals surface area contributed by atoms with E-state index < -0.39 is 11.7 Å². The number of aromatic amines is 1. The van der Waals surface area contributed by atoms with Crippen molar-refractivity contribution in [3.63, 3.8) is 0 Å².